The fourth-order valence-electron chi connectivity index (χ4n) is 4.61. The van der Waals surface area contributed by atoms with Crippen molar-refractivity contribution in [3.63, 3.8) is 0 Å². The van der Waals surface area contributed by atoms with E-state index >= 15 is 0 Å². The summed E-state index contributed by atoms with van der Waals surface area (Å²) in [5.41, 5.74) is 9.37. The van der Waals surface area contributed by atoms with E-state index in [9.17, 15) is 39.1 Å². The fraction of sp³-hybridized carbons (Fsp3) is 0.731. The summed E-state index contributed by atoms with van der Waals surface area (Å²) in [6, 6.07) is -1.64. The Morgan fingerprint density at radius 1 is 0.543 bits per heavy atom. The summed E-state index contributed by atoms with van der Waals surface area (Å²) in [6.07, 6.45) is -14.5. The van der Waals surface area contributed by atoms with Gasteiger partial charge in [-0.2, -0.15) is 0 Å². The van der Waals surface area contributed by atoms with E-state index in [0.29, 0.717) is 0 Å². The van der Waals surface area contributed by atoms with Gasteiger partial charge < -0.3 is 47.4 Å². The molecule has 20 nitrogen and oxygen atoms in total. The molecule has 0 radical (unpaired) electrons. The molecule has 2 aliphatic heterocycles. The van der Waals surface area contributed by atoms with Crippen LogP contribution in [0.2, 0.25) is 0 Å². The molecule has 2 heterocycles. The molecule has 2 rings (SSSR count). The van der Waals surface area contributed by atoms with Crippen molar-refractivity contribution >= 4 is 41.8 Å². The van der Waals surface area contributed by atoms with Crippen LogP contribution in [0.1, 0.15) is 48.5 Å². The summed E-state index contributed by atoms with van der Waals surface area (Å²) in [7, 11) is 0. The molecular weight excluding hydrogens is 626 g/mol. The summed E-state index contributed by atoms with van der Waals surface area (Å²) >= 11 is 0. The van der Waals surface area contributed by atoms with E-state index in [0.717, 1.165) is 48.5 Å². The number of carbonyl (C=O) groups excluding carboxylic acids is 7. The Kier molecular flexibility index (Phi) is 14.1. The zero-order chi connectivity index (χ0) is 34.7. The lowest BCUT2D eigenvalue weighted by Crippen LogP contribution is -2.66. The number of rotatable bonds is 12. The number of hydrogen-bond acceptors (Lipinski definition) is 18. The quantitative estimate of drug-likeness (QED) is 0.0870. The van der Waals surface area contributed by atoms with Crippen LogP contribution in [-0.2, 0) is 80.9 Å². The van der Waals surface area contributed by atoms with E-state index in [1.165, 1.54) is 0 Å². The van der Waals surface area contributed by atoms with Crippen LogP contribution in [0.5, 0.6) is 0 Å². The van der Waals surface area contributed by atoms with Gasteiger partial charge in [0.1, 0.15) is 37.6 Å². The number of ether oxygens (including phenoxy) is 10. The highest BCUT2D eigenvalue weighted by molar-refractivity contribution is 5.69. The van der Waals surface area contributed by atoms with Crippen LogP contribution in [0.25, 0.3) is 10.4 Å². The standard InChI is InChI=1S/C26H35N3O17/c1-10(30)37-8-17-20(39-12(3)32)22(19(28-29-27)25(44-17)43-16(7)36)46-26-24(42-15(6)35)23(41-14(5)34)21(40-13(4)33)18(45-26)9-38-11(2)31/h17-26H,8-9H2,1-7H3. The SMILES string of the molecule is CC(=O)OCC1OC(OC(C)=O)C(N=[N+]=[N-])C(OC2OC(COC(C)=O)C(OC(C)=O)C(OC(C)=O)C2OC(C)=O)C1OC(C)=O. The maximum absolute atomic E-state index is 12.2. The van der Waals surface area contributed by atoms with E-state index in [1.54, 1.807) is 0 Å². The molecule has 0 aromatic heterocycles. The molecule has 0 spiro atoms. The number of hydrogen-bond donors (Lipinski definition) is 0. The molecule has 2 saturated heterocycles. The Balaban J connectivity index is 2.74. The minimum atomic E-state index is -1.84. The fourth-order valence-corrected chi connectivity index (χ4v) is 4.61. The van der Waals surface area contributed by atoms with Crippen molar-refractivity contribution < 1.29 is 80.9 Å². The van der Waals surface area contributed by atoms with Crippen LogP contribution in [0.3, 0.4) is 0 Å². The molecular formula is C26H35N3O17. The maximum Gasteiger partial charge on any atom is 0.304 e. The number of nitrogens with zero attached hydrogens (tertiary/aromatic N) is 3. The van der Waals surface area contributed by atoms with E-state index in [1.807, 2.05) is 0 Å². The van der Waals surface area contributed by atoms with Gasteiger partial charge in [0, 0.05) is 53.4 Å². The first-order chi connectivity index (χ1) is 21.5. The zero-order valence-corrected chi connectivity index (χ0v) is 26.0. The first-order valence-corrected chi connectivity index (χ1v) is 13.7. The van der Waals surface area contributed by atoms with Crippen LogP contribution < -0.4 is 0 Å². The number of esters is 7. The van der Waals surface area contributed by atoms with Gasteiger partial charge in [0.05, 0.1) is 0 Å². The van der Waals surface area contributed by atoms with E-state index < -0.39 is 116 Å². The highest BCUT2D eigenvalue weighted by Gasteiger charge is 2.57. The highest BCUT2D eigenvalue weighted by atomic mass is 16.8. The van der Waals surface area contributed by atoms with Gasteiger partial charge in [-0.25, -0.2) is 0 Å². The van der Waals surface area contributed by atoms with E-state index in [-0.39, 0.29) is 0 Å². The van der Waals surface area contributed by atoms with Crippen molar-refractivity contribution in [1.82, 2.24) is 0 Å². The molecule has 10 atom stereocenters. The van der Waals surface area contributed by atoms with Crippen LogP contribution >= 0.6 is 0 Å². The molecule has 0 N–H and O–H groups in total. The van der Waals surface area contributed by atoms with Gasteiger partial charge in [-0.15, -0.1) is 0 Å². The second kappa shape index (κ2) is 17.2. The largest absolute Gasteiger partial charge is 0.463 e. The lowest BCUT2D eigenvalue weighted by atomic mass is 9.95. The minimum Gasteiger partial charge on any atom is -0.463 e. The smallest absolute Gasteiger partial charge is 0.304 e. The molecule has 0 bridgehead atoms. The predicted molar refractivity (Wildman–Crippen MR) is 142 cm³/mol. The van der Waals surface area contributed by atoms with Crippen molar-refractivity contribution in [2.75, 3.05) is 13.2 Å². The third-order valence-corrected chi connectivity index (χ3v) is 6.07. The van der Waals surface area contributed by atoms with Gasteiger partial charge in [0.25, 0.3) is 0 Å². The van der Waals surface area contributed by atoms with Crippen molar-refractivity contribution in [3.8, 4) is 0 Å². The molecule has 10 unspecified atom stereocenters. The number of carbonyl (C=O) groups is 7. The Morgan fingerprint density at radius 3 is 1.35 bits per heavy atom. The normalized spacial score (nSPS) is 30.3. The lowest BCUT2D eigenvalue weighted by molar-refractivity contribution is -0.343. The summed E-state index contributed by atoms with van der Waals surface area (Å²) in [4.78, 5) is 86.6. The second-order valence-corrected chi connectivity index (χ2v) is 9.89. The third-order valence-electron chi connectivity index (χ3n) is 6.07. The molecule has 2 aliphatic rings. The summed E-state index contributed by atoms with van der Waals surface area (Å²) in [5.74, 6) is -6.07. The Hall–Kier alpha value is -4.52. The first kappa shape index (κ1) is 37.7. The molecule has 0 aromatic carbocycles. The van der Waals surface area contributed by atoms with Crippen LogP contribution in [0.4, 0.5) is 0 Å². The van der Waals surface area contributed by atoms with Crippen LogP contribution in [0.15, 0.2) is 5.11 Å². The summed E-state index contributed by atoms with van der Waals surface area (Å²) < 4.78 is 54.6. The first-order valence-electron chi connectivity index (χ1n) is 13.7. The minimum absolute atomic E-state index is 0.577. The molecule has 0 aliphatic carbocycles. The van der Waals surface area contributed by atoms with Crippen LogP contribution in [0, 0.1) is 0 Å². The van der Waals surface area contributed by atoms with Crippen molar-refractivity contribution in [2.45, 2.75) is 110 Å². The molecule has 20 heteroatoms. The van der Waals surface area contributed by atoms with Gasteiger partial charge in [-0.3, -0.25) is 33.6 Å². The summed E-state index contributed by atoms with van der Waals surface area (Å²) in [6.45, 7) is 6.08. The lowest BCUT2D eigenvalue weighted by Gasteiger charge is -2.48. The number of azide groups is 1. The van der Waals surface area contributed by atoms with Gasteiger partial charge in [0.2, 0.25) is 6.29 Å². The Bertz CT molecular complexity index is 1220. The zero-order valence-electron chi connectivity index (χ0n) is 26.0. The van der Waals surface area contributed by atoms with Crippen LogP contribution in [-0.4, -0.2) is 116 Å². The van der Waals surface area contributed by atoms with Crippen molar-refractivity contribution in [1.29, 1.82) is 0 Å². The van der Waals surface area contributed by atoms with Gasteiger partial charge in [-0.1, -0.05) is 5.11 Å². The molecule has 46 heavy (non-hydrogen) atoms. The predicted octanol–water partition coefficient (Wildman–Crippen LogP) is -0.0836. The molecule has 0 amide bonds. The average Bonchev–Trinajstić information content (AvgIpc) is 2.91. The van der Waals surface area contributed by atoms with Gasteiger partial charge in [0.15, 0.2) is 30.7 Å². The monoisotopic (exact) mass is 661 g/mol. The summed E-state index contributed by atoms with van der Waals surface area (Å²) in [5, 5.41) is 3.61. The van der Waals surface area contributed by atoms with E-state index in [4.69, 9.17) is 47.4 Å². The second-order valence-electron chi connectivity index (χ2n) is 9.89. The van der Waals surface area contributed by atoms with Gasteiger partial charge >= 0.3 is 41.8 Å². The van der Waals surface area contributed by atoms with Crippen molar-refractivity contribution in [2.24, 2.45) is 5.11 Å². The van der Waals surface area contributed by atoms with Crippen molar-refractivity contribution in [3.05, 3.63) is 10.4 Å². The molecule has 2 fully saturated rings. The Morgan fingerprint density at radius 2 is 0.935 bits per heavy atom. The van der Waals surface area contributed by atoms with E-state index in [2.05, 4.69) is 10.0 Å². The third kappa shape index (κ3) is 11.1. The average molecular weight is 662 g/mol. The van der Waals surface area contributed by atoms with Gasteiger partial charge in [-0.05, 0) is 5.53 Å². The topological polar surface area (TPSA) is 261 Å². The highest BCUT2D eigenvalue weighted by Crippen LogP contribution is 2.35. The maximum atomic E-state index is 12.2. The molecule has 0 saturated carbocycles. The Labute approximate surface area is 261 Å². The molecule has 0 aromatic rings. The molecule has 256 valence electrons.